The fourth-order valence-electron chi connectivity index (χ4n) is 2.69. The van der Waals surface area contributed by atoms with Crippen LogP contribution in [-0.2, 0) is 0 Å². The standard InChI is InChI=1S/C19H20BN7O/c1-13(2)11-27(18-16(20)10-23-17(9-21)24-18)25-19(28)14-3-5-15(6-4-14)26-8-7-22-12-26/h3-8,10,12-13H,11,20H2,1-2H3,(H,25,28). The quantitative estimate of drug-likeness (QED) is 0.502. The predicted molar refractivity (Wildman–Crippen MR) is 108 cm³/mol. The van der Waals surface area contributed by atoms with Crippen molar-refractivity contribution in [3.63, 3.8) is 0 Å². The van der Waals surface area contributed by atoms with Crippen LogP contribution in [0.1, 0.15) is 30.0 Å². The highest BCUT2D eigenvalue weighted by atomic mass is 16.2. The summed E-state index contributed by atoms with van der Waals surface area (Å²) < 4.78 is 1.86. The van der Waals surface area contributed by atoms with Gasteiger partial charge in [-0.25, -0.2) is 15.0 Å². The Labute approximate surface area is 164 Å². The molecule has 0 unspecified atom stereocenters. The highest BCUT2D eigenvalue weighted by Gasteiger charge is 2.17. The van der Waals surface area contributed by atoms with Gasteiger partial charge in [-0.1, -0.05) is 13.8 Å². The van der Waals surface area contributed by atoms with Crippen molar-refractivity contribution in [1.29, 1.82) is 5.26 Å². The summed E-state index contributed by atoms with van der Waals surface area (Å²) >= 11 is 0. The monoisotopic (exact) mass is 373 g/mol. The van der Waals surface area contributed by atoms with Crippen molar-refractivity contribution in [3.05, 3.63) is 60.6 Å². The molecule has 3 rings (SSSR count). The molecule has 0 spiro atoms. The first kappa shape index (κ1) is 19.1. The van der Waals surface area contributed by atoms with Crippen molar-refractivity contribution in [3.8, 4) is 11.8 Å². The third-order valence-corrected chi connectivity index (χ3v) is 4.02. The molecular formula is C19H20BN7O. The van der Waals surface area contributed by atoms with E-state index in [0.29, 0.717) is 17.9 Å². The van der Waals surface area contributed by atoms with Gasteiger partial charge in [0.05, 0.1) is 6.33 Å². The van der Waals surface area contributed by atoms with Gasteiger partial charge in [0.25, 0.3) is 5.91 Å². The van der Waals surface area contributed by atoms with E-state index in [4.69, 9.17) is 5.26 Å². The molecule has 0 saturated heterocycles. The second-order valence-corrected chi connectivity index (χ2v) is 6.77. The molecule has 0 fully saturated rings. The van der Waals surface area contributed by atoms with Gasteiger partial charge in [0.15, 0.2) is 0 Å². The summed E-state index contributed by atoms with van der Waals surface area (Å²) in [6, 6.07) is 9.16. The van der Waals surface area contributed by atoms with Gasteiger partial charge >= 0.3 is 0 Å². The molecule has 0 aliphatic carbocycles. The summed E-state index contributed by atoms with van der Waals surface area (Å²) in [4.78, 5) is 25.1. The van der Waals surface area contributed by atoms with Crippen molar-refractivity contribution < 1.29 is 4.79 Å². The summed E-state index contributed by atoms with van der Waals surface area (Å²) in [5.74, 6) is 0.593. The number of nitrogens with one attached hydrogen (secondary N) is 1. The number of anilines is 1. The van der Waals surface area contributed by atoms with Crippen molar-refractivity contribution in [2.24, 2.45) is 5.92 Å². The van der Waals surface area contributed by atoms with Crippen LogP contribution in [0.5, 0.6) is 0 Å². The SMILES string of the molecule is Bc1cnc(C#N)nc1N(CC(C)C)NC(=O)c1ccc(-n2ccnc2)cc1. The van der Waals surface area contributed by atoms with Crippen molar-refractivity contribution in [1.82, 2.24) is 24.9 Å². The lowest BCUT2D eigenvalue weighted by molar-refractivity contribution is 0.0947. The zero-order chi connectivity index (χ0) is 20.1. The van der Waals surface area contributed by atoms with E-state index in [1.807, 2.05) is 50.7 Å². The first-order valence-electron chi connectivity index (χ1n) is 8.88. The van der Waals surface area contributed by atoms with Gasteiger partial charge in [-0.05, 0) is 35.6 Å². The van der Waals surface area contributed by atoms with Gasteiger partial charge in [-0.2, -0.15) is 5.26 Å². The van der Waals surface area contributed by atoms with Crippen LogP contribution in [0.4, 0.5) is 5.82 Å². The molecule has 0 aliphatic rings. The molecule has 9 heteroatoms. The Hall–Kier alpha value is -3.67. The summed E-state index contributed by atoms with van der Waals surface area (Å²) in [5, 5.41) is 10.8. The predicted octanol–water partition coefficient (Wildman–Crippen LogP) is 0.600. The van der Waals surface area contributed by atoms with Gasteiger partial charge in [0.1, 0.15) is 19.7 Å². The van der Waals surface area contributed by atoms with Crippen LogP contribution in [0.3, 0.4) is 0 Å². The molecule has 0 saturated carbocycles. The first-order valence-corrected chi connectivity index (χ1v) is 8.88. The molecule has 1 N–H and O–H groups in total. The highest BCUT2D eigenvalue weighted by Crippen LogP contribution is 2.12. The average Bonchev–Trinajstić information content (AvgIpc) is 3.22. The second kappa shape index (κ2) is 8.35. The lowest BCUT2D eigenvalue weighted by Gasteiger charge is -2.27. The lowest BCUT2D eigenvalue weighted by atomic mass is 9.98. The number of hydrogen-bond donors (Lipinski definition) is 1. The van der Waals surface area contributed by atoms with Crippen LogP contribution >= 0.6 is 0 Å². The number of imidazole rings is 1. The number of benzene rings is 1. The molecule has 0 radical (unpaired) electrons. The fourth-order valence-corrected chi connectivity index (χ4v) is 2.69. The minimum Gasteiger partial charge on any atom is -0.306 e. The molecule has 8 nitrogen and oxygen atoms in total. The van der Waals surface area contributed by atoms with Crippen LogP contribution in [-0.4, -0.2) is 39.8 Å². The normalized spacial score (nSPS) is 10.5. The molecule has 0 bridgehead atoms. The maximum atomic E-state index is 12.8. The van der Waals surface area contributed by atoms with Crippen molar-refractivity contribution >= 4 is 25.0 Å². The van der Waals surface area contributed by atoms with E-state index in [9.17, 15) is 4.79 Å². The van der Waals surface area contributed by atoms with E-state index in [2.05, 4.69) is 20.4 Å². The second-order valence-electron chi connectivity index (χ2n) is 6.77. The third kappa shape index (κ3) is 4.35. The smallest absolute Gasteiger partial charge is 0.269 e. The minimum absolute atomic E-state index is 0.0632. The zero-order valence-corrected chi connectivity index (χ0v) is 16.0. The number of aromatic nitrogens is 4. The zero-order valence-electron chi connectivity index (χ0n) is 16.0. The molecule has 140 valence electrons. The van der Waals surface area contributed by atoms with Crippen molar-refractivity contribution in [2.45, 2.75) is 13.8 Å². The molecule has 0 aliphatic heterocycles. The van der Waals surface area contributed by atoms with E-state index >= 15 is 0 Å². The number of hydrogen-bond acceptors (Lipinski definition) is 6. The average molecular weight is 373 g/mol. The molecule has 1 aromatic carbocycles. The fraction of sp³-hybridized carbons (Fsp3) is 0.211. The topological polar surface area (TPSA) is 99.7 Å². The van der Waals surface area contributed by atoms with E-state index in [1.165, 1.54) is 0 Å². The number of nitriles is 1. The molecule has 3 aromatic rings. The lowest BCUT2D eigenvalue weighted by Crippen LogP contribution is -2.47. The van der Waals surface area contributed by atoms with Gasteiger partial charge in [-0.3, -0.25) is 15.2 Å². The minimum atomic E-state index is -0.255. The Morgan fingerprint density at radius 2 is 2.11 bits per heavy atom. The molecule has 28 heavy (non-hydrogen) atoms. The van der Waals surface area contributed by atoms with Crippen LogP contribution in [0.15, 0.2) is 49.2 Å². The molecule has 1 amide bonds. The number of nitrogens with zero attached hydrogens (tertiary/aromatic N) is 6. The number of hydrazine groups is 1. The molecule has 2 aromatic heterocycles. The van der Waals surface area contributed by atoms with Gasteiger partial charge in [0, 0.05) is 36.4 Å². The number of rotatable bonds is 6. The maximum absolute atomic E-state index is 12.8. The molecule has 0 atom stereocenters. The molecule has 2 heterocycles. The maximum Gasteiger partial charge on any atom is 0.269 e. The van der Waals surface area contributed by atoms with Gasteiger partial charge in [0.2, 0.25) is 5.82 Å². The van der Waals surface area contributed by atoms with Crippen molar-refractivity contribution in [2.75, 3.05) is 11.6 Å². The Balaban J connectivity index is 1.83. The van der Waals surface area contributed by atoms with E-state index in [0.717, 1.165) is 11.2 Å². The summed E-state index contributed by atoms with van der Waals surface area (Å²) in [5.41, 5.74) is 5.11. The Morgan fingerprint density at radius 3 is 2.71 bits per heavy atom. The van der Waals surface area contributed by atoms with Crippen LogP contribution in [0.2, 0.25) is 0 Å². The number of carbonyl (C=O) groups is 1. The third-order valence-electron chi connectivity index (χ3n) is 4.02. The number of amides is 1. The van der Waals surface area contributed by atoms with Crippen LogP contribution in [0.25, 0.3) is 5.69 Å². The summed E-state index contributed by atoms with van der Waals surface area (Å²) in [6.45, 7) is 4.63. The Bertz CT molecular complexity index is 994. The van der Waals surface area contributed by atoms with E-state index in [1.54, 1.807) is 35.9 Å². The number of carbonyl (C=O) groups excluding carboxylic acids is 1. The van der Waals surface area contributed by atoms with Crippen LogP contribution < -0.4 is 15.9 Å². The first-order chi connectivity index (χ1) is 13.5. The highest BCUT2D eigenvalue weighted by molar-refractivity contribution is 6.35. The van der Waals surface area contributed by atoms with Gasteiger partial charge in [-0.15, -0.1) is 0 Å². The summed E-state index contributed by atoms with van der Waals surface area (Å²) in [7, 11) is 1.84. The summed E-state index contributed by atoms with van der Waals surface area (Å²) in [6.07, 6.45) is 6.82. The Kier molecular flexibility index (Phi) is 5.70. The van der Waals surface area contributed by atoms with Crippen LogP contribution in [0, 0.1) is 17.2 Å². The largest absolute Gasteiger partial charge is 0.306 e. The Morgan fingerprint density at radius 1 is 1.36 bits per heavy atom. The molecular weight excluding hydrogens is 353 g/mol. The van der Waals surface area contributed by atoms with Gasteiger partial charge < -0.3 is 4.57 Å². The van der Waals surface area contributed by atoms with E-state index < -0.39 is 0 Å². The van der Waals surface area contributed by atoms with E-state index in [-0.39, 0.29) is 17.6 Å².